The molecule has 0 radical (unpaired) electrons. The van der Waals surface area contributed by atoms with Gasteiger partial charge in [0.1, 0.15) is 12.4 Å². The Morgan fingerprint density at radius 2 is 1.86 bits per heavy atom. The van der Waals surface area contributed by atoms with Gasteiger partial charge in [0.2, 0.25) is 5.91 Å². The molecule has 0 bridgehead atoms. The van der Waals surface area contributed by atoms with Gasteiger partial charge in [0.15, 0.2) is 5.76 Å². The molecule has 0 saturated heterocycles. The van der Waals surface area contributed by atoms with E-state index >= 15 is 0 Å². The van der Waals surface area contributed by atoms with Crippen molar-refractivity contribution in [2.45, 2.75) is 72.4 Å². The van der Waals surface area contributed by atoms with Crippen LogP contribution in [0.5, 0.6) is 0 Å². The van der Waals surface area contributed by atoms with E-state index < -0.39 is 0 Å². The van der Waals surface area contributed by atoms with E-state index in [0.717, 1.165) is 5.69 Å². The zero-order valence-corrected chi connectivity index (χ0v) is 18.2. The standard InChI is InChI=1S/C21H32N4O3/c1-14(2)24(19(27)15-10-9-11-28-15)13-18(26)22-17-12-16(20(3,4)5)23-25(17)21(6,7)8/h9-12,14H,13H2,1-8H3,(H,22,26). The first-order valence-electron chi connectivity index (χ1n) is 9.56. The summed E-state index contributed by atoms with van der Waals surface area (Å²) < 4.78 is 7.01. The van der Waals surface area contributed by atoms with Gasteiger partial charge in [-0.2, -0.15) is 5.10 Å². The van der Waals surface area contributed by atoms with Crippen LogP contribution in [0, 0.1) is 0 Å². The third kappa shape index (κ3) is 5.03. The summed E-state index contributed by atoms with van der Waals surface area (Å²) in [5, 5.41) is 7.63. The predicted molar refractivity (Wildman–Crippen MR) is 109 cm³/mol. The molecule has 2 aromatic rings. The van der Waals surface area contributed by atoms with E-state index in [-0.39, 0.29) is 41.1 Å². The van der Waals surface area contributed by atoms with Crippen LogP contribution >= 0.6 is 0 Å². The van der Waals surface area contributed by atoms with Crippen molar-refractivity contribution < 1.29 is 14.0 Å². The number of hydrogen-bond donors (Lipinski definition) is 1. The van der Waals surface area contributed by atoms with Crippen LogP contribution in [0.4, 0.5) is 5.82 Å². The minimum absolute atomic E-state index is 0.0720. The van der Waals surface area contributed by atoms with Gasteiger partial charge in [-0.3, -0.25) is 9.59 Å². The summed E-state index contributed by atoms with van der Waals surface area (Å²) in [5.41, 5.74) is 0.452. The molecule has 0 aromatic carbocycles. The average molecular weight is 389 g/mol. The molecule has 0 atom stereocenters. The molecule has 0 aliphatic heterocycles. The molecular weight excluding hydrogens is 356 g/mol. The van der Waals surface area contributed by atoms with Crippen molar-refractivity contribution in [1.29, 1.82) is 0 Å². The first-order chi connectivity index (χ1) is 12.8. The molecule has 2 amide bonds. The number of rotatable bonds is 5. The van der Waals surface area contributed by atoms with Gasteiger partial charge in [0.05, 0.1) is 17.5 Å². The van der Waals surface area contributed by atoms with E-state index in [1.807, 2.05) is 45.4 Å². The molecule has 2 rings (SSSR count). The third-order valence-electron chi connectivity index (χ3n) is 4.31. The highest BCUT2D eigenvalue weighted by Crippen LogP contribution is 2.28. The fraction of sp³-hybridized carbons (Fsp3) is 0.571. The third-order valence-corrected chi connectivity index (χ3v) is 4.31. The molecule has 154 valence electrons. The van der Waals surface area contributed by atoms with Gasteiger partial charge in [-0.15, -0.1) is 0 Å². The molecule has 0 unspecified atom stereocenters. The van der Waals surface area contributed by atoms with E-state index in [1.54, 1.807) is 12.1 Å². The van der Waals surface area contributed by atoms with Gasteiger partial charge in [-0.1, -0.05) is 20.8 Å². The zero-order chi connectivity index (χ0) is 21.3. The number of aromatic nitrogens is 2. The Bertz CT molecular complexity index is 821. The molecule has 2 heterocycles. The maximum Gasteiger partial charge on any atom is 0.290 e. The zero-order valence-electron chi connectivity index (χ0n) is 18.2. The Hall–Kier alpha value is -2.57. The number of carbonyl (C=O) groups is 2. The van der Waals surface area contributed by atoms with Gasteiger partial charge in [-0.25, -0.2) is 4.68 Å². The van der Waals surface area contributed by atoms with Crippen LogP contribution in [0.25, 0.3) is 0 Å². The Balaban J connectivity index is 2.23. The number of nitrogens with zero attached hydrogens (tertiary/aromatic N) is 3. The predicted octanol–water partition coefficient (Wildman–Crippen LogP) is 4.02. The molecule has 7 nitrogen and oxygen atoms in total. The Morgan fingerprint density at radius 3 is 2.32 bits per heavy atom. The number of nitrogens with one attached hydrogen (secondary N) is 1. The van der Waals surface area contributed by atoms with Crippen LogP contribution < -0.4 is 5.32 Å². The number of carbonyl (C=O) groups excluding carboxylic acids is 2. The van der Waals surface area contributed by atoms with Crippen molar-refractivity contribution in [3.8, 4) is 0 Å². The lowest BCUT2D eigenvalue weighted by molar-refractivity contribution is -0.117. The van der Waals surface area contributed by atoms with Crippen LogP contribution in [-0.4, -0.2) is 39.1 Å². The quantitative estimate of drug-likeness (QED) is 0.839. The van der Waals surface area contributed by atoms with Gasteiger partial charge in [0, 0.05) is 17.5 Å². The molecular formula is C21H32N4O3. The topological polar surface area (TPSA) is 80.4 Å². The molecule has 0 saturated carbocycles. The molecule has 0 aliphatic rings. The van der Waals surface area contributed by atoms with Crippen LogP contribution in [0.2, 0.25) is 0 Å². The largest absolute Gasteiger partial charge is 0.459 e. The number of amides is 2. The fourth-order valence-electron chi connectivity index (χ4n) is 2.72. The maximum atomic E-state index is 12.8. The van der Waals surface area contributed by atoms with E-state index in [4.69, 9.17) is 9.52 Å². The van der Waals surface area contributed by atoms with Crippen LogP contribution in [-0.2, 0) is 15.7 Å². The number of anilines is 1. The molecule has 0 fully saturated rings. The molecule has 0 spiro atoms. The monoisotopic (exact) mass is 388 g/mol. The summed E-state index contributed by atoms with van der Waals surface area (Å²) in [6.45, 7) is 16.0. The smallest absolute Gasteiger partial charge is 0.290 e. The summed E-state index contributed by atoms with van der Waals surface area (Å²) in [6, 6.07) is 5.00. The Morgan fingerprint density at radius 1 is 1.21 bits per heavy atom. The van der Waals surface area contributed by atoms with Crippen molar-refractivity contribution in [3.63, 3.8) is 0 Å². The lowest BCUT2D eigenvalue weighted by atomic mass is 9.92. The van der Waals surface area contributed by atoms with Crippen molar-refractivity contribution in [2.24, 2.45) is 0 Å². The SMILES string of the molecule is CC(C)N(CC(=O)Nc1cc(C(C)(C)C)nn1C(C)(C)C)C(=O)c1ccco1. The van der Waals surface area contributed by atoms with E-state index in [2.05, 4.69) is 26.1 Å². The van der Waals surface area contributed by atoms with Gasteiger partial charge in [-0.05, 0) is 46.8 Å². The van der Waals surface area contributed by atoms with E-state index in [0.29, 0.717) is 5.82 Å². The highest BCUT2D eigenvalue weighted by Gasteiger charge is 2.27. The van der Waals surface area contributed by atoms with Crippen LogP contribution in [0.3, 0.4) is 0 Å². The molecule has 7 heteroatoms. The van der Waals surface area contributed by atoms with Crippen molar-refractivity contribution in [1.82, 2.24) is 14.7 Å². The second-order valence-corrected chi connectivity index (χ2v) is 9.30. The van der Waals surface area contributed by atoms with Gasteiger partial charge >= 0.3 is 0 Å². The number of furan rings is 1. The van der Waals surface area contributed by atoms with E-state index in [1.165, 1.54) is 11.2 Å². The Labute approximate surface area is 167 Å². The fourth-order valence-corrected chi connectivity index (χ4v) is 2.72. The van der Waals surface area contributed by atoms with Crippen molar-refractivity contribution >= 4 is 17.6 Å². The van der Waals surface area contributed by atoms with Crippen molar-refractivity contribution in [3.05, 3.63) is 35.9 Å². The first kappa shape index (κ1) is 21.7. The lowest BCUT2D eigenvalue weighted by Gasteiger charge is -2.26. The molecule has 0 aliphatic carbocycles. The summed E-state index contributed by atoms with van der Waals surface area (Å²) in [6.07, 6.45) is 1.45. The molecule has 28 heavy (non-hydrogen) atoms. The van der Waals surface area contributed by atoms with E-state index in [9.17, 15) is 9.59 Å². The summed E-state index contributed by atoms with van der Waals surface area (Å²) in [4.78, 5) is 26.9. The minimum Gasteiger partial charge on any atom is -0.459 e. The maximum absolute atomic E-state index is 12.8. The second-order valence-electron chi connectivity index (χ2n) is 9.30. The van der Waals surface area contributed by atoms with Crippen molar-refractivity contribution in [2.75, 3.05) is 11.9 Å². The molecule has 1 N–H and O–H groups in total. The Kier molecular flexibility index (Phi) is 6.06. The number of hydrogen-bond acceptors (Lipinski definition) is 4. The lowest BCUT2D eigenvalue weighted by Crippen LogP contribution is -2.42. The average Bonchev–Trinajstić information content (AvgIpc) is 3.20. The highest BCUT2D eigenvalue weighted by molar-refractivity contribution is 5.97. The minimum atomic E-state index is -0.310. The van der Waals surface area contributed by atoms with Crippen LogP contribution in [0.1, 0.15) is 71.6 Å². The first-order valence-corrected chi connectivity index (χ1v) is 9.56. The van der Waals surface area contributed by atoms with Gasteiger partial charge in [0.25, 0.3) is 5.91 Å². The van der Waals surface area contributed by atoms with Crippen LogP contribution in [0.15, 0.2) is 28.9 Å². The summed E-state index contributed by atoms with van der Waals surface area (Å²) >= 11 is 0. The normalized spacial score (nSPS) is 12.3. The highest BCUT2D eigenvalue weighted by atomic mass is 16.3. The second kappa shape index (κ2) is 7.81. The summed E-state index contributed by atoms with van der Waals surface area (Å²) in [7, 11) is 0. The van der Waals surface area contributed by atoms with Gasteiger partial charge < -0.3 is 14.6 Å². The summed E-state index contributed by atoms with van der Waals surface area (Å²) in [5.74, 6) is 0.252. The molecule has 2 aromatic heterocycles.